The van der Waals surface area contributed by atoms with E-state index in [9.17, 15) is 14.4 Å². The van der Waals surface area contributed by atoms with Gasteiger partial charge in [0.1, 0.15) is 18.1 Å². The van der Waals surface area contributed by atoms with Crippen LogP contribution in [0.2, 0.25) is 5.02 Å². The molecule has 1 atom stereocenters. The molecular weight excluding hydrogens is 402 g/mol. The van der Waals surface area contributed by atoms with Gasteiger partial charge in [0.2, 0.25) is 0 Å². The second kappa shape index (κ2) is 8.67. The SMILES string of the molecule is CC[C@H](C)OC(=O)CN1C(=O)S/C(=C/c2ccc(-c3ccc(Cl)cc3)o2)C1=O. The van der Waals surface area contributed by atoms with E-state index in [0.717, 1.165) is 22.2 Å². The Morgan fingerprint density at radius 3 is 2.64 bits per heavy atom. The topological polar surface area (TPSA) is 76.8 Å². The standard InChI is InChI=1S/C20H18ClNO5S/c1-3-12(2)26-18(23)11-22-19(24)17(28-20(22)25)10-15-8-9-16(27-15)13-4-6-14(21)7-5-13/h4-10,12H,3,11H2,1-2H3/b17-10+/t12-/m0/s1. The Morgan fingerprint density at radius 1 is 1.25 bits per heavy atom. The number of rotatable bonds is 6. The molecule has 2 heterocycles. The first-order valence-corrected chi connectivity index (χ1v) is 9.87. The number of nitrogens with zero attached hydrogens (tertiary/aromatic N) is 1. The zero-order valence-electron chi connectivity index (χ0n) is 15.3. The molecule has 0 spiro atoms. The zero-order chi connectivity index (χ0) is 20.3. The van der Waals surface area contributed by atoms with Gasteiger partial charge in [0.05, 0.1) is 11.0 Å². The van der Waals surface area contributed by atoms with Crippen molar-refractivity contribution in [3.8, 4) is 11.3 Å². The summed E-state index contributed by atoms with van der Waals surface area (Å²) in [5.74, 6) is -0.113. The average molecular weight is 420 g/mol. The minimum absolute atomic E-state index is 0.193. The number of furan rings is 1. The molecule has 1 fully saturated rings. The van der Waals surface area contributed by atoms with Crippen molar-refractivity contribution in [1.82, 2.24) is 4.90 Å². The number of benzene rings is 1. The van der Waals surface area contributed by atoms with Gasteiger partial charge < -0.3 is 9.15 Å². The Hall–Kier alpha value is -2.51. The Balaban J connectivity index is 1.71. The van der Waals surface area contributed by atoms with Crippen molar-refractivity contribution in [2.24, 2.45) is 0 Å². The number of carbonyl (C=O) groups excluding carboxylic acids is 3. The largest absolute Gasteiger partial charge is 0.461 e. The molecule has 1 aliphatic rings. The second-order valence-corrected chi connectivity index (χ2v) is 7.62. The molecule has 146 valence electrons. The lowest BCUT2D eigenvalue weighted by atomic mass is 10.2. The van der Waals surface area contributed by atoms with Gasteiger partial charge in [0.15, 0.2) is 0 Å². The summed E-state index contributed by atoms with van der Waals surface area (Å²) in [6, 6.07) is 10.6. The fraction of sp³-hybridized carbons (Fsp3) is 0.250. The van der Waals surface area contributed by atoms with Gasteiger partial charge in [-0.15, -0.1) is 0 Å². The number of hydrogen-bond acceptors (Lipinski definition) is 6. The van der Waals surface area contributed by atoms with Gasteiger partial charge in [0, 0.05) is 16.7 Å². The van der Waals surface area contributed by atoms with Crippen molar-refractivity contribution in [3.63, 3.8) is 0 Å². The highest BCUT2D eigenvalue weighted by Gasteiger charge is 2.37. The number of carbonyl (C=O) groups is 3. The van der Waals surface area contributed by atoms with E-state index >= 15 is 0 Å². The number of esters is 1. The lowest BCUT2D eigenvalue weighted by molar-refractivity contribution is -0.150. The van der Waals surface area contributed by atoms with Crippen LogP contribution in [-0.4, -0.2) is 34.7 Å². The monoisotopic (exact) mass is 419 g/mol. The van der Waals surface area contributed by atoms with Gasteiger partial charge in [-0.05, 0) is 61.5 Å². The molecule has 28 heavy (non-hydrogen) atoms. The molecule has 0 bridgehead atoms. The van der Waals surface area contributed by atoms with Gasteiger partial charge in [-0.25, -0.2) is 0 Å². The summed E-state index contributed by atoms with van der Waals surface area (Å²) in [6.45, 7) is 3.23. The van der Waals surface area contributed by atoms with Gasteiger partial charge >= 0.3 is 5.97 Å². The van der Waals surface area contributed by atoms with Crippen LogP contribution < -0.4 is 0 Å². The fourth-order valence-electron chi connectivity index (χ4n) is 2.44. The minimum atomic E-state index is -0.610. The van der Waals surface area contributed by atoms with Crippen LogP contribution in [0.25, 0.3) is 17.4 Å². The molecule has 2 amide bonds. The molecule has 1 saturated heterocycles. The van der Waals surface area contributed by atoms with Gasteiger partial charge in [-0.2, -0.15) is 0 Å². The van der Waals surface area contributed by atoms with Crippen molar-refractivity contribution < 1.29 is 23.5 Å². The van der Waals surface area contributed by atoms with Crippen LogP contribution in [-0.2, 0) is 14.3 Å². The molecule has 0 N–H and O–H groups in total. The van der Waals surface area contributed by atoms with E-state index in [1.807, 2.05) is 19.1 Å². The molecule has 0 saturated carbocycles. The molecule has 1 aromatic heterocycles. The first-order valence-electron chi connectivity index (χ1n) is 8.68. The van der Waals surface area contributed by atoms with Crippen molar-refractivity contribution in [1.29, 1.82) is 0 Å². The highest BCUT2D eigenvalue weighted by Crippen LogP contribution is 2.33. The van der Waals surface area contributed by atoms with Crippen molar-refractivity contribution >= 4 is 46.6 Å². The number of thioether (sulfide) groups is 1. The maximum Gasteiger partial charge on any atom is 0.326 e. The van der Waals surface area contributed by atoms with Crippen LogP contribution >= 0.6 is 23.4 Å². The molecule has 1 aliphatic heterocycles. The highest BCUT2D eigenvalue weighted by molar-refractivity contribution is 8.18. The fourth-order valence-corrected chi connectivity index (χ4v) is 3.38. The van der Waals surface area contributed by atoms with Gasteiger partial charge in [-0.1, -0.05) is 18.5 Å². The predicted octanol–water partition coefficient (Wildman–Crippen LogP) is 4.98. The number of amides is 2. The predicted molar refractivity (Wildman–Crippen MR) is 108 cm³/mol. The molecule has 8 heteroatoms. The third-order valence-corrected chi connectivity index (χ3v) is 5.26. The molecule has 0 aliphatic carbocycles. The Kier molecular flexibility index (Phi) is 6.26. The number of imide groups is 1. The molecular formula is C20H18ClNO5S. The zero-order valence-corrected chi connectivity index (χ0v) is 16.9. The van der Waals surface area contributed by atoms with Crippen LogP contribution in [0.5, 0.6) is 0 Å². The summed E-state index contributed by atoms with van der Waals surface area (Å²) >= 11 is 6.65. The van der Waals surface area contributed by atoms with E-state index in [1.165, 1.54) is 6.08 Å². The van der Waals surface area contributed by atoms with E-state index in [0.29, 0.717) is 23.0 Å². The van der Waals surface area contributed by atoms with E-state index in [-0.39, 0.29) is 11.0 Å². The minimum Gasteiger partial charge on any atom is -0.461 e. The highest BCUT2D eigenvalue weighted by atomic mass is 35.5. The Morgan fingerprint density at radius 2 is 1.96 bits per heavy atom. The third-order valence-electron chi connectivity index (χ3n) is 4.10. The van der Waals surface area contributed by atoms with Crippen molar-refractivity contribution in [3.05, 3.63) is 52.1 Å². The summed E-state index contributed by atoms with van der Waals surface area (Å²) in [7, 11) is 0. The average Bonchev–Trinajstić information content (AvgIpc) is 3.23. The number of halogens is 1. The second-order valence-electron chi connectivity index (χ2n) is 6.19. The molecule has 6 nitrogen and oxygen atoms in total. The third kappa shape index (κ3) is 4.66. The summed E-state index contributed by atoms with van der Waals surface area (Å²) in [4.78, 5) is 37.5. The molecule has 0 radical (unpaired) electrons. The van der Waals surface area contributed by atoms with Crippen LogP contribution in [0.4, 0.5) is 4.79 Å². The van der Waals surface area contributed by atoms with Crippen LogP contribution in [0.3, 0.4) is 0 Å². The van der Waals surface area contributed by atoms with E-state index in [2.05, 4.69) is 0 Å². The molecule has 2 aromatic rings. The first-order chi connectivity index (χ1) is 13.4. The van der Waals surface area contributed by atoms with Crippen LogP contribution in [0.15, 0.2) is 45.7 Å². The Labute approximate surface area is 171 Å². The van der Waals surface area contributed by atoms with Gasteiger partial charge in [0.25, 0.3) is 11.1 Å². The molecule has 1 aromatic carbocycles. The summed E-state index contributed by atoms with van der Waals surface area (Å²) in [5, 5.41) is 0.109. The van der Waals surface area contributed by atoms with E-state index in [1.54, 1.807) is 31.2 Å². The van der Waals surface area contributed by atoms with Gasteiger partial charge in [-0.3, -0.25) is 19.3 Å². The summed E-state index contributed by atoms with van der Waals surface area (Å²) in [5.41, 5.74) is 0.838. The lowest BCUT2D eigenvalue weighted by Gasteiger charge is -2.14. The van der Waals surface area contributed by atoms with E-state index < -0.39 is 23.7 Å². The molecule has 3 rings (SSSR count). The van der Waals surface area contributed by atoms with E-state index in [4.69, 9.17) is 20.8 Å². The maximum absolute atomic E-state index is 12.5. The van der Waals surface area contributed by atoms with Crippen LogP contribution in [0, 0.1) is 0 Å². The molecule has 0 unspecified atom stereocenters. The summed E-state index contributed by atoms with van der Waals surface area (Å²) in [6.07, 6.45) is 1.88. The van der Waals surface area contributed by atoms with Crippen molar-refractivity contribution in [2.75, 3.05) is 6.54 Å². The summed E-state index contributed by atoms with van der Waals surface area (Å²) < 4.78 is 10.9. The van der Waals surface area contributed by atoms with Crippen LogP contribution in [0.1, 0.15) is 26.0 Å². The number of ether oxygens (including phenoxy) is 1. The number of hydrogen-bond donors (Lipinski definition) is 0. The Bertz CT molecular complexity index is 934. The first kappa shape index (κ1) is 20.2. The lowest BCUT2D eigenvalue weighted by Crippen LogP contribution is -2.35. The smallest absolute Gasteiger partial charge is 0.326 e. The van der Waals surface area contributed by atoms with Crippen molar-refractivity contribution in [2.45, 2.75) is 26.4 Å². The quantitative estimate of drug-likeness (QED) is 0.485. The maximum atomic E-state index is 12.5. The normalized spacial score (nSPS) is 16.7.